The standard InChI is InChI=1S/C15H17ClN2O2/c1-8(17)12-5-9-3-2-4-11(16)14(9)15(20)18(12)13-6-10(13)7-19/h2-5,8,10,13,19H,6-7,17H2,1H3. The van der Waals surface area contributed by atoms with Gasteiger partial charge >= 0.3 is 0 Å². The van der Waals surface area contributed by atoms with Crippen molar-refractivity contribution in [2.24, 2.45) is 11.7 Å². The summed E-state index contributed by atoms with van der Waals surface area (Å²) in [6, 6.07) is 7.14. The molecule has 3 N–H and O–H groups in total. The second kappa shape index (κ2) is 4.88. The van der Waals surface area contributed by atoms with E-state index in [1.807, 2.05) is 25.1 Å². The predicted octanol–water partition coefficient (Wildman–Crippen LogP) is 2.23. The van der Waals surface area contributed by atoms with Gasteiger partial charge in [-0.25, -0.2) is 0 Å². The van der Waals surface area contributed by atoms with Gasteiger partial charge in [0, 0.05) is 30.3 Å². The van der Waals surface area contributed by atoms with Crippen molar-refractivity contribution in [2.45, 2.75) is 25.4 Å². The lowest BCUT2D eigenvalue weighted by Gasteiger charge is -2.17. The second-order valence-electron chi connectivity index (χ2n) is 5.48. The van der Waals surface area contributed by atoms with Gasteiger partial charge in [-0.1, -0.05) is 23.7 Å². The van der Waals surface area contributed by atoms with E-state index < -0.39 is 0 Å². The van der Waals surface area contributed by atoms with Gasteiger partial charge in [0.2, 0.25) is 0 Å². The Bertz CT molecular complexity index is 724. The van der Waals surface area contributed by atoms with E-state index in [2.05, 4.69) is 0 Å². The molecule has 3 rings (SSSR count). The molecule has 1 fully saturated rings. The molecule has 1 aliphatic carbocycles. The molecule has 1 heterocycles. The predicted molar refractivity (Wildman–Crippen MR) is 80.1 cm³/mol. The van der Waals surface area contributed by atoms with Crippen LogP contribution in [0.1, 0.15) is 31.1 Å². The van der Waals surface area contributed by atoms with E-state index >= 15 is 0 Å². The van der Waals surface area contributed by atoms with Gasteiger partial charge in [0.25, 0.3) is 5.56 Å². The molecule has 3 unspecified atom stereocenters. The first-order valence-electron chi connectivity index (χ1n) is 6.74. The fourth-order valence-electron chi connectivity index (χ4n) is 2.79. The topological polar surface area (TPSA) is 68.2 Å². The molecule has 1 saturated carbocycles. The average Bonchev–Trinajstić information content (AvgIpc) is 3.17. The zero-order chi connectivity index (χ0) is 14.4. The molecule has 4 nitrogen and oxygen atoms in total. The van der Waals surface area contributed by atoms with Crippen molar-refractivity contribution in [3.63, 3.8) is 0 Å². The molecule has 0 radical (unpaired) electrons. The van der Waals surface area contributed by atoms with Crippen molar-refractivity contribution in [1.82, 2.24) is 4.57 Å². The molecule has 0 bridgehead atoms. The van der Waals surface area contributed by atoms with Crippen LogP contribution in [0.15, 0.2) is 29.1 Å². The van der Waals surface area contributed by atoms with Crippen molar-refractivity contribution >= 4 is 22.4 Å². The highest BCUT2D eigenvalue weighted by Gasteiger charge is 2.40. The van der Waals surface area contributed by atoms with Crippen LogP contribution in [0.3, 0.4) is 0 Å². The highest BCUT2D eigenvalue weighted by Crippen LogP contribution is 2.43. The monoisotopic (exact) mass is 292 g/mol. The summed E-state index contributed by atoms with van der Waals surface area (Å²) in [5.74, 6) is 0.144. The zero-order valence-electron chi connectivity index (χ0n) is 11.2. The number of hydrogen-bond acceptors (Lipinski definition) is 3. The van der Waals surface area contributed by atoms with Crippen LogP contribution in [0.2, 0.25) is 5.02 Å². The van der Waals surface area contributed by atoms with Crippen LogP contribution in [-0.2, 0) is 0 Å². The fourth-order valence-corrected chi connectivity index (χ4v) is 3.05. The number of nitrogens with zero attached hydrogens (tertiary/aromatic N) is 1. The Morgan fingerprint density at radius 1 is 1.55 bits per heavy atom. The van der Waals surface area contributed by atoms with E-state index in [4.69, 9.17) is 17.3 Å². The number of aliphatic hydroxyl groups excluding tert-OH is 1. The molecule has 1 aromatic heterocycles. The van der Waals surface area contributed by atoms with Gasteiger partial charge in [-0.15, -0.1) is 0 Å². The summed E-state index contributed by atoms with van der Waals surface area (Å²) >= 11 is 6.17. The molecule has 0 saturated heterocycles. The third-order valence-corrected chi connectivity index (χ3v) is 4.29. The van der Waals surface area contributed by atoms with Crippen molar-refractivity contribution < 1.29 is 5.11 Å². The summed E-state index contributed by atoms with van der Waals surface area (Å²) in [7, 11) is 0. The van der Waals surface area contributed by atoms with Crippen molar-refractivity contribution in [1.29, 1.82) is 0 Å². The van der Waals surface area contributed by atoms with Crippen LogP contribution in [0.4, 0.5) is 0 Å². The Morgan fingerprint density at radius 2 is 2.30 bits per heavy atom. The van der Waals surface area contributed by atoms with Gasteiger partial charge in [-0.05, 0) is 30.9 Å². The molecule has 20 heavy (non-hydrogen) atoms. The molecule has 0 spiro atoms. The molecule has 1 aliphatic rings. The number of fused-ring (bicyclic) bond motifs is 1. The number of hydrogen-bond donors (Lipinski definition) is 2. The molecular weight excluding hydrogens is 276 g/mol. The van der Waals surface area contributed by atoms with Gasteiger partial charge in [-0.2, -0.15) is 0 Å². The van der Waals surface area contributed by atoms with Gasteiger partial charge in [0.1, 0.15) is 0 Å². The van der Waals surface area contributed by atoms with Crippen molar-refractivity contribution in [3.05, 3.63) is 45.3 Å². The Kier molecular flexibility index (Phi) is 3.32. The quantitative estimate of drug-likeness (QED) is 0.911. The van der Waals surface area contributed by atoms with E-state index in [9.17, 15) is 9.90 Å². The number of aromatic nitrogens is 1. The molecule has 5 heteroatoms. The molecule has 0 aliphatic heterocycles. The zero-order valence-corrected chi connectivity index (χ0v) is 12.0. The van der Waals surface area contributed by atoms with Crippen molar-refractivity contribution in [2.75, 3.05) is 6.61 Å². The number of nitrogens with two attached hydrogens (primary N) is 1. The normalized spacial score (nSPS) is 23.0. The highest BCUT2D eigenvalue weighted by molar-refractivity contribution is 6.35. The molecule has 106 valence electrons. The summed E-state index contributed by atoms with van der Waals surface area (Å²) in [5.41, 5.74) is 6.70. The van der Waals surface area contributed by atoms with Gasteiger partial charge < -0.3 is 15.4 Å². The van der Waals surface area contributed by atoms with Crippen LogP contribution in [-0.4, -0.2) is 16.3 Å². The third kappa shape index (κ3) is 2.04. The minimum Gasteiger partial charge on any atom is -0.396 e. The van der Waals surface area contributed by atoms with E-state index in [1.165, 1.54) is 0 Å². The lowest BCUT2D eigenvalue weighted by Crippen LogP contribution is -2.27. The van der Waals surface area contributed by atoms with E-state index in [1.54, 1.807) is 10.6 Å². The van der Waals surface area contributed by atoms with Gasteiger partial charge in [-0.3, -0.25) is 4.79 Å². The first-order valence-corrected chi connectivity index (χ1v) is 7.12. The maximum atomic E-state index is 12.8. The molecule has 3 atom stereocenters. The molecule has 1 aromatic carbocycles. The second-order valence-corrected chi connectivity index (χ2v) is 5.89. The Balaban J connectivity index is 2.31. The number of benzene rings is 1. The lowest BCUT2D eigenvalue weighted by atomic mass is 10.1. The highest BCUT2D eigenvalue weighted by atomic mass is 35.5. The average molecular weight is 293 g/mol. The summed E-state index contributed by atoms with van der Waals surface area (Å²) in [6.45, 7) is 1.95. The van der Waals surface area contributed by atoms with Crippen LogP contribution < -0.4 is 11.3 Å². The Morgan fingerprint density at radius 3 is 2.90 bits per heavy atom. The molecular formula is C15H17ClN2O2. The van der Waals surface area contributed by atoms with E-state index in [0.717, 1.165) is 17.5 Å². The first kappa shape index (κ1) is 13.6. The SMILES string of the molecule is CC(N)c1cc2cccc(Cl)c2c(=O)n1C1CC1CO. The minimum atomic E-state index is -0.244. The van der Waals surface area contributed by atoms with Crippen LogP contribution in [0.25, 0.3) is 10.8 Å². The van der Waals surface area contributed by atoms with Crippen molar-refractivity contribution in [3.8, 4) is 0 Å². The number of rotatable bonds is 3. The number of halogens is 1. The largest absolute Gasteiger partial charge is 0.396 e. The summed E-state index contributed by atoms with van der Waals surface area (Å²) in [5, 5.41) is 11.1. The summed E-state index contributed by atoms with van der Waals surface area (Å²) in [4.78, 5) is 12.8. The van der Waals surface area contributed by atoms with E-state index in [-0.39, 0.29) is 30.2 Å². The number of pyridine rings is 1. The maximum absolute atomic E-state index is 12.8. The Hall–Kier alpha value is -1.36. The smallest absolute Gasteiger partial charge is 0.260 e. The van der Waals surface area contributed by atoms with Gasteiger partial charge in [0.05, 0.1) is 10.4 Å². The number of aliphatic hydroxyl groups is 1. The maximum Gasteiger partial charge on any atom is 0.260 e. The van der Waals surface area contributed by atoms with E-state index in [0.29, 0.717) is 10.4 Å². The summed E-state index contributed by atoms with van der Waals surface area (Å²) in [6.07, 6.45) is 0.812. The van der Waals surface area contributed by atoms with Crippen LogP contribution in [0, 0.1) is 5.92 Å². The fraction of sp³-hybridized carbons (Fsp3) is 0.400. The van der Waals surface area contributed by atoms with Crippen LogP contribution in [0.5, 0.6) is 0 Å². The first-order chi connectivity index (χ1) is 9.54. The van der Waals surface area contributed by atoms with Crippen LogP contribution >= 0.6 is 11.6 Å². The lowest BCUT2D eigenvalue weighted by molar-refractivity contribution is 0.268. The summed E-state index contributed by atoms with van der Waals surface area (Å²) < 4.78 is 1.72. The molecule has 0 amide bonds. The minimum absolute atomic E-state index is 0.0363. The molecule has 2 aromatic rings. The van der Waals surface area contributed by atoms with Gasteiger partial charge in [0.15, 0.2) is 0 Å². The Labute approximate surface area is 121 Å². The third-order valence-electron chi connectivity index (χ3n) is 3.98.